The standard InChI is InChI=1S/C9H17O4P/c1-12-14(11,13-2)9(10)6-7-3-4-8(9)5-7/h7-8,10H,3-6H2,1-2H3. The maximum absolute atomic E-state index is 12.2. The molecule has 3 unspecified atom stereocenters. The molecule has 2 bridgehead atoms. The molecule has 5 heteroatoms. The molecule has 0 aliphatic heterocycles. The van der Waals surface area contributed by atoms with Gasteiger partial charge in [-0.25, -0.2) is 0 Å². The number of hydrogen-bond donors (Lipinski definition) is 1. The van der Waals surface area contributed by atoms with Crippen molar-refractivity contribution in [3.63, 3.8) is 0 Å². The van der Waals surface area contributed by atoms with Crippen LogP contribution in [-0.2, 0) is 13.6 Å². The highest BCUT2D eigenvalue weighted by atomic mass is 31.2. The van der Waals surface area contributed by atoms with Gasteiger partial charge in [0.15, 0.2) is 5.34 Å². The molecule has 0 spiro atoms. The molecule has 0 amide bonds. The van der Waals surface area contributed by atoms with E-state index in [1.54, 1.807) is 0 Å². The Morgan fingerprint density at radius 3 is 2.36 bits per heavy atom. The van der Waals surface area contributed by atoms with E-state index in [0.717, 1.165) is 19.3 Å². The zero-order chi connectivity index (χ0) is 10.4. The molecule has 0 saturated heterocycles. The second-order valence-corrected chi connectivity index (χ2v) is 6.82. The molecule has 82 valence electrons. The summed E-state index contributed by atoms with van der Waals surface area (Å²) in [5.74, 6) is 0.599. The molecule has 2 fully saturated rings. The minimum Gasteiger partial charge on any atom is -0.377 e. The van der Waals surface area contributed by atoms with Crippen LogP contribution in [0.2, 0.25) is 0 Å². The van der Waals surface area contributed by atoms with Crippen LogP contribution in [0.25, 0.3) is 0 Å². The van der Waals surface area contributed by atoms with Crippen molar-refractivity contribution >= 4 is 7.60 Å². The molecule has 1 N–H and O–H groups in total. The van der Waals surface area contributed by atoms with Crippen LogP contribution < -0.4 is 0 Å². The number of rotatable bonds is 3. The normalized spacial score (nSPS) is 41.9. The number of aliphatic hydroxyl groups is 1. The van der Waals surface area contributed by atoms with Gasteiger partial charge >= 0.3 is 7.60 Å². The Morgan fingerprint density at radius 2 is 2.00 bits per heavy atom. The molecule has 2 saturated carbocycles. The lowest BCUT2D eigenvalue weighted by Gasteiger charge is -2.36. The quantitative estimate of drug-likeness (QED) is 0.739. The summed E-state index contributed by atoms with van der Waals surface area (Å²) in [7, 11) is -0.644. The van der Waals surface area contributed by atoms with Crippen LogP contribution in [0.4, 0.5) is 0 Å². The van der Waals surface area contributed by atoms with Gasteiger partial charge in [0.1, 0.15) is 0 Å². The van der Waals surface area contributed by atoms with E-state index in [-0.39, 0.29) is 5.92 Å². The second-order valence-electron chi connectivity index (χ2n) is 4.32. The highest BCUT2D eigenvalue weighted by Crippen LogP contribution is 2.70. The molecule has 2 aliphatic rings. The van der Waals surface area contributed by atoms with Crippen molar-refractivity contribution in [1.82, 2.24) is 0 Å². The molecule has 0 aromatic rings. The van der Waals surface area contributed by atoms with Gasteiger partial charge in [0.05, 0.1) is 0 Å². The van der Waals surface area contributed by atoms with Crippen LogP contribution in [0, 0.1) is 11.8 Å². The van der Waals surface area contributed by atoms with Gasteiger partial charge < -0.3 is 14.2 Å². The summed E-state index contributed by atoms with van der Waals surface area (Å²) in [6.45, 7) is 0. The van der Waals surface area contributed by atoms with E-state index in [1.807, 2.05) is 0 Å². The van der Waals surface area contributed by atoms with Crippen LogP contribution in [0.5, 0.6) is 0 Å². The average molecular weight is 220 g/mol. The van der Waals surface area contributed by atoms with Crippen LogP contribution in [0.1, 0.15) is 25.7 Å². The molecule has 2 aliphatic carbocycles. The van der Waals surface area contributed by atoms with Gasteiger partial charge in [-0.1, -0.05) is 0 Å². The third-order valence-corrected chi connectivity index (χ3v) is 6.20. The monoisotopic (exact) mass is 220 g/mol. The summed E-state index contributed by atoms with van der Waals surface area (Å²) in [5.41, 5.74) is 0. The molecule has 0 aromatic carbocycles. The van der Waals surface area contributed by atoms with E-state index in [1.165, 1.54) is 14.2 Å². The van der Waals surface area contributed by atoms with E-state index in [2.05, 4.69) is 0 Å². The third-order valence-electron chi connectivity index (χ3n) is 3.74. The molecule has 3 atom stereocenters. The Balaban J connectivity index is 2.28. The average Bonchev–Trinajstić information content (AvgIpc) is 2.76. The van der Waals surface area contributed by atoms with Crippen LogP contribution in [0.15, 0.2) is 0 Å². The Hall–Kier alpha value is 0.110. The van der Waals surface area contributed by atoms with Crippen molar-refractivity contribution in [2.24, 2.45) is 11.8 Å². The van der Waals surface area contributed by atoms with Crippen molar-refractivity contribution in [1.29, 1.82) is 0 Å². The van der Waals surface area contributed by atoms with Gasteiger partial charge in [-0.15, -0.1) is 0 Å². The first kappa shape index (κ1) is 10.6. The Morgan fingerprint density at radius 1 is 1.36 bits per heavy atom. The molecular formula is C9H17O4P. The van der Waals surface area contributed by atoms with Gasteiger partial charge in [-0.3, -0.25) is 4.57 Å². The summed E-state index contributed by atoms with van der Waals surface area (Å²) < 4.78 is 22.0. The largest absolute Gasteiger partial charge is 0.377 e. The first-order valence-corrected chi connectivity index (χ1v) is 6.54. The first-order valence-electron chi connectivity index (χ1n) is 4.99. The molecule has 4 nitrogen and oxygen atoms in total. The zero-order valence-corrected chi connectivity index (χ0v) is 9.50. The minimum absolute atomic E-state index is 0.0956. The molecule has 0 aromatic heterocycles. The van der Waals surface area contributed by atoms with Gasteiger partial charge in [-0.05, 0) is 37.5 Å². The van der Waals surface area contributed by atoms with Gasteiger partial charge in [0.2, 0.25) is 0 Å². The van der Waals surface area contributed by atoms with Gasteiger partial charge in [-0.2, -0.15) is 0 Å². The summed E-state index contributed by atoms with van der Waals surface area (Å²) in [6, 6.07) is 0. The second kappa shape index (κ2) is 3.31. The molecule has 0 radical (unpaired) electrons. The van der Waals surface area contributed by atoms with E-state index in [9.17, 15) is 9.67 Å². The predicted molar refractivity (Wildman–Crippen MR) is 52.0 cm³/mol. The van der Waals surface area contributed by atoms with Crippen molar-refractivity contribution in [2.45, 2.75) is 31.0 Å². The summed E-state index contributed by atoms with van der Waals surface area (Å²) >= 11 is 0. The predicted octanol–water partition coefficient (Wildman–Crippen LogP) is 1.98. The van der Waals surface area contributed by atoms with Crippen molar-refractivity contribution in [3.05, 3.63) is 0 Å². The fourth-order valence-electron chi connectivity index (χ4n) is 3.00. The summed E-state index contributed by atoms with van der Waals surface area (Å²) in [6.07, 6.45) is 3.61. The van der Waals surface area contributed by atoms with Crippen molar-refractivity contribution in [3.8, 4) is 0 Å². The van der Waals surface area contributed by atoms with Gasteiger partial charge in [0.25, 0.3) is 0 Å². The number of hydrogen-bond acceptors (Lipinski definition) is 4. The Kier molecular flexibility index (Phi) is 2.51. The van der Waals surface area contributed by atoms with E-state index in [0.29, 0.717) is 12.3 Å². The SMILES string of the molecule is COP(=O)(OC)C1(O)CC2CCC1C2. The molecule has 14 heavy (non-hydrogen) atoms. The van der Waals surface area contributed by atoms with Crippen molar-refractivity contribution < 1.29 is 18.7 Å². The Labute approximate surface area is 84.1 Å². The van der Waals surface area contributed by atoms with Crippen LogP contribution in [-0.4, -0.2) is 24.7 Å². The summed E-state index contributed by atoms with van der Waals surface area (Å²) in [4.78, 5) is 0. The third kappa shape index (κ3) is 1.21. The fourth-order valence-corrected chi connectivity index (χ4v) is 4.94. The van der Waals surface area contributed by atoms with E-state index in [4.69, 9.17) is 9.05 Å². The zero-order valence-electron chi connectivity index (χ0n) is 8.60. The molecule has 0 heterocycles. The van der Waals surface area contributed by atoms with E-state index < -0.39 is 12.9 Å². The van der Waals surface area contributed by atoms with Crippen molar-refractivity contribution in [2.75, 3.05) is 14.2 Å². The summed E-state index contributed by atoms with van der Waals surface area (Å²) in [5, 5.41) is 9.16. The smallest absolute Gasteiger partial charge is 0.361 e. The topological polar surface area (TPSA) is 55.8 Å². The maximum Gasteiger partial charge on any atom is 0.361 e. The molecular weight excluding hydrogens is 203 g/mol. The number of fused-ring (bicyclic) bond motifs is 2. The molecule has 2 rings (SSSR count). The highest BCUT2D eigenvalue weighted by molar-refractivity contribution is 7.55. The first-order chi connectivity index (χ1) is 6.55. The lowest BCUT2D eigenvalue weighted by Crippen LogP contribution is -2.35. The fraction of sp³-hybridized carbons (Fsp3) is 1.00. The highest BCUT2D eigenvalue weighted by Gasteiger charge is 2.61. The lowest BCUT2D eigenvalue weighted by molar-refractivity contribution is 0.0310. The maximum atomic E-state index is 12.2. The van der Waals surface area contributed by atoms with Gasteiger partial charge in [0, 0.05) is 14.2 Å². The van der Waals surface area contributed by atoms with Crippen LogP contribution >= 0.6 is 7.60 Å². The minimum atomic E-state index is -3.33. The lowest BCUT2D eigenvalue weighted by atomic mass is 9.97. The Bertz CT molecular complexity index is 272. The van der Waals surface area contributed by atoms with Crippen LogP contribution in [0.3, 0.4) is 0 Å². The van der Waals surface area contributed by atoms with E-state index >= 15 is 0 Å².